The molecule has 2 aromatic heterocycles. The number of fused-ring (bicyclic) bond motifs is 1. The number of carbonyl (C=O) groups excluding carboxylic acids is 1. The van der Waals surface area contributed by atoms with Crippen molar-refractivity contribution < 1.29 is 9.90 Å². The Balaban J connectivity index is 1.33. The van der Waals surface area contributed by atoms with Gasteiger partial charge >= 0.3 is 0 Å². The third-order valence-corrected chi connectivity index (χ3v) is 9.69. The Kier molecular flexibility index (Phi) is 10.2. The van der Waals surface area contributed by atoms with Crippen molar-refractivity contribution in [1.82, 2.24) is 19.7 Å². The molecule has 4 aromatic rings. The normalized spacial score (nSPS) is 16.4. The zero-order chi connectivity index (χ0) is 33.8. The van der Waals surface area contributed by atoms with Crippen LogP contribution in [0.3, 0.4) is 0 Å². The second-order valence-electron chi connectivity index (χ2n) is 13.1. The van der Waals surface area contributed by atoms with Crippen LogP contribution in [-0.2, 0) is 20.1 Å². The summed E-state index contributed by atoms with van der Waals surface area (Å²) >= 11 is 0. The molecule has 1 saturated heterocycles. The molecule has 0 saturated carbocycles. The van der Waals surface area contributed by atoms with E-state index < -0.39 is 0 Å². The first-order valence-electron chi connectivity index (χ1n) is 17.3. The van der Waals surface area contributed by atoms with Crippen molar-refractivity contribution in [1.29, 1.82) is 0 Å². The Morgan fingerprint density at radius 3 is 2.40 bits per heavy atom. The topological polar surface area (TPSA) is 107 Å². The van der Waals surface area contributed by atoms with Gasteiger partial charge in [0.25, 0.3) is 11.5 Å². The van der Waals surface area contributed by atoms with Gasteiger partial charge in [0.15, 0.2) is 11.6 Å². The van der Waals surface area contributed by atoms with Crippen molar-refractivity contribution in [2.24, 2.45) is 7.05 Å². The molecule has 0 bridgehead atoms. The number of aryl methyl sites for hydroxylation is 2. The van der Waals surface area contributed by atoms with E-state index in [1.54, 1.807) is 19.3 Å². The largest absolute Gasteiger partial charge is 0.392 e. The first-order chi connectivity index (χ1) is 23.3. The van der Waals surface area contributed by atoms with Crippen molar-refractivity contribution in [3.05, 3.63) is 93.4 Å². The monoisotopic (exact) mass is 649 g/mol. The number of unbranched alkanes of at least 4 members (excludes halogenated alkanes) is 2. The van der Waals surface area contributed by atoms with Crippen molar-refractivity contribution in [2.45, 2.75) is 65.0 Å². The Morgan fingerprint density at radius 1 is 0.896 bits per heavy atom. The van der Waals surface area contributed by atoms with E-state index in [9.17, 15) is 14.7 Å². The lowest BCUT2D eigenvalue weighted by Gasteiger charge is -2.32. The number of hydrogen-bond acceptors (Lipinski definition) is 8. The zero-order valence-electron chi connectivity index (χ0n) is 28.6. The van der Waals surface area contributed by atoms with Gasteiger partial charge in [-0.3, -0.25) is 9.59 Å². The van der Waals surface area contributed by atoms with E-state index in [4.69, 9.17) is 0 Å². The SMILES string of the molecule is CCCCc1ccc2c(c1)C(CCCC)N(c1cccc(-c3cc(Nc4ccc(N5CCN(C)CC5)nn4)c(=O)n(C)c3)c1CO)C2=O. The van der Waals surface area contributed by atoms with Crippen LogP contribution in [0.5, 0.6) is 0 Å². The van der Waals surface area contributed by atoms with Gasteiger partial charge in [-0.05, 0) is 73.3 Å². The lowest BCUT2D eigenvalue weighted by molar-refractivity contribution is 0.0989. The van der Waals surface area contributed by atoms with E-state index in [2.05, 4.69) is 58.3 Å². The van der Waals surface area contributed by atoms with Crippen LogP contribution in [0.4, 0.5) is 23.0 Å². The minimum Gasteiger partial charge on any atom is -0.392 e. The van der Waals surface area contributed by atoms with Crippen LogP contribution < -0.4 is 20.7 Å². The minimum absolute atomic E-state index is 0.0404. The van der Waals surface area contributed by atoms with Gasteiger partial charge in [-0.25, -0.2) is 0 Å². The summed E-state index contributed by atoms with van der Waals surface area (Å²) in [6, 6.07) is 17.5. The summed E-state index contributed by atoms with van der Waals surface area (Å²) in [5, 5.41) is 22.8. The van der Waals surface area contributed by atoms with E-state index in [0.717, 1.165) is 92.8 Å². The molecule has 48 heavy (non-hydrogen) atoms. The van der Waals surface area contributed by atoms with Crippen LogP contribution in [0.2, 0.25) is 0 Å². The highest BCUT2D eigenvalue weighted by Gasteiger charge is 2.38. The average molecular weight is 650 g/mol. The van der Waals surface area contributed by atoms with Gasteiger partial charge in [0, 0.05) is 56.1 Å². The van der Waals surface area contributed by atoms with Crippen molar-refractivity contribution >= 4 is 28.9 Å². The number of amides is 1. The number of piperazine rings is 1. The summed E-state index contributed by atoms with van der Waals surface area (Å²) in [7, 11) is 3.82. The minimum atomic E-state index is -0.265. The molecule has 2 aliphatic heterocycles. The fraction of sp³-hybridized carbons (Fsp3) is 0.421. The zero-order valence-corrected chi connectivity index (χ0v) is 28.6. The number of aliphatic hydroxyl groups is 1. The van der Waals surface area contributed by atoms with Gasteiger partial charge in [-0.1, -0.05) is 57.4 Å². The van der Waals surface area contributed by atoms with E-state index in [1.807, 2.05) is 41.3 Å². The van der Waals surface area contributed by atoms with Gasteiger partial charge in [0.05, 0.1) is 18.3 Å². The summed E-state index contributed by atoms with van der Waals surface area (Å²) in [6.07, 6.45) is 7.83. The molecule has 1 fully saturated rings. The van der Waals surface area contributed by atoms with Gasteiger partial charge in [0.1, 0.15) is 5.69 Å². The Bertz CT molecular complexity index is 1810. The molecule has 1 amide bonds. The summed E-state index contributed by atoms with van der Waals surface area (Å²) in [5.74, 6) is 1.24. The van der Waals surface area contributed by atoms with E-state index in [1.165, 1.54) is 10.1 Å². The fourth-order valence-electron chi connectivity index (χ4n) is 6.91. The van der Waals surface area contributed by atoms with Gasteiger partial charge < -0.3 is 29.7 Å². The molecule has 10 nitrogen and oxygen atoms in total. The predicted octanol–water partition coefficient (Wildman–Crippen LogP) is 6.06. The molecule has 2 aliphatic rings. The van der Waals surface area contributed by atoms with Crippen LogP contribution in [-0.4, -0.2) is 63.9 Å². The molecule has 1 unspecified atom stereocenters. The van der Waals surface area contributed by atoms with Crippen LogP contribution in [0.15, 0.2) is 65.6 Å². The number of carbonyl (C=O) groups is 1. The quantitative estimate of drug-likeness (QED) is 0.191. The smallest absolute Gasteiger partial charge is 0.274 e. The first kappa shape index (κ1) is 33.4. The molecule has 0 spiro atoms. The third-order valence-electron chi connectivity index (χ3n) is 9.69. The standard InChI is InChI=1S/C38H47N7O3/c1-5-7-10-26-14-15-29-30(22-26)33(12-8-6-2)45(37(29)47)34-13-9-11-28(31(34)25-46)27-23-32(38(48)43(4)24-27)39-35-16-17-36(41-40-35)44-20-18-42(3)19-21-44/h9,11,13-17,22-24,33,46H,5-8,10,12,18-21,25H2,1-4H3,(H,39,40). The highest BCUT2D eigenvalue weighted by atomic mass is 16.3. The molecule has 2 aromatic carbocycles. The third kappa shape index (κ3) is 6.73. The van der Waals surface area contributed by atoms with E-state index >= 15 is 0 Å². The molecule has 2 N–H and O–H groups in total. The second-order valence-corrected chi connectivity index (χ2v) is 13.1. The fourth-order valence-corrected chi connectivity index (χ4v) is 6.91. The molecule has 10 heteroatoms. The number of pyridine rings is 1. The number of nitrogens with zero attached hydrogens (tertiary/aromatic N) is 6. The molecule has 6 rings (SSSR count). The number of likely N-dealkylation sites (N-methyl/N-ethyl adjacent to an activating group) is 1. The molecular weight excluding hydrogens is 602 g/mol. The van der Waals surface area contributed by atoms with Crippen molar-refractivity contribution in [3.8, 4) is 11.1 Å². The number of anilines is 4. The summed E-state index contributed by atoms with van der Waals surface area (Å²) < 4.78 is 1.52. The highest BCUT2D eigenvalue weighted by Crippen LogP contribution is 2.44. The number of hydrogen-bond donors (Lipinski definition) is 2. The van der Waals surface area contributed by atoms with Gasteiger partial charge in [-0.15, -0.1) is 10.2 Å². The van der Waals surface area contributed by atoms with Gasteiger partial charge in [0.2, 0.25) is 0 Å². The molecule has 252 valence electrons. The molecule has 0 aliphatic carbocycles. The number of rotatable bonds is 12. The maximum atomic E-state index is 14.1. The maximum Gasteiger partial charge on any atom is 0.274 e. The number of aromatic nitrogens is 3. The maximum absolute atomic E-state index is 14.1. The summed E-state index contributed by atoms with van der Waals surface area (Å²) in [6.45, 7) is 7.81. The van der Waals surface area contributed by atoms with Gasteiger partial charge in [-0.2, -0.15) is 0 Å². The Morgan fingerprint density at radius 2 is 1.69 bits per heavy atom. The summed E-state index contributed by atoms with van der Waals surface area (Å²) in [4.78, 5) is 33.7. The number of nitrogens with one attached hydrogen (secondary N) is 1. The Labute approximate surface area is 283 Å². The Hall–Kier alpha value is -4.54. The lowest BCUT2D eigenvalue weighted by atomic mass is 9.95. The molecule has 1 atom stereocenters. The van der Waals surface area contributed by atoms with Crippen molar-refractivity contribution in [3.63, 3.8) is 0 Å². The number of aliphatic hydroxyl groups excluding tert-OH is 1. The molecule has 4 heterocycles. The lowest BCUT2D eigenvalue weighted by Crippen LogP contribution is -2.44. The predicted molar refractivity (Wildman–Crippen MR) is 192 cm³/mol. The first-order valence-corrected chi connectivity index (χ1v) is 17.3. The van der Waals surface area contributed by atoms with Crippen molar-refractivity contribution in [2.75, 3.05) is 48.3 Å². The molecule has 0 radical (unpaired) electrons. The molecular formula is C38H47N7O3. The van der Waals surface area contributed by atoms with Crippen LogP contribution in [0.1, 0.15) is 79.0 Å². The van der Waals surface area contributed by atoms with E-state index in [0.29, 0.717) is 22.8 Å². The number of benzene rings is 2. The van der Waals surface area contributed by atoms with Crippen LogP contribution in [0, 0.1) is 0 Å². The second kappa shape index (κ2) is 14.7. The van der Waals surface area contributed by atoms with Crippen LogP contribution in [0.25, 0.3) is 11.1 Å². The van der Waals surface area contributed by atoms with Crippen LogP contribution >= 0.6 is 0 Å². The van der Waals surface area contributed by atoms with E-state index in [-0.39, 0.29) is 24.1 Å². The summed E-state index contributed by atoms with van der Waals surface area (Å²) in [5.41, 5.74) is 6.03. The highest BCUT2D eigenvalue weighted by molar-refractivity contribution is 6.11. The average Bonchev–Trinajstić information content (AvgIpc) is 3.38.